The molecule has 0 bridgehead atoms. The second-order valence-electron chi connectivity index (χ2n) is 3.97. The largest absolute Gasteiger partial charge is 0.326 e. The maximum atomic E-state index is 11.6. The van der Waals surface area contributed by atoms with Crippen molar-refractivity contribution >= 4 is 5.78 Å². The van der Waals surface area contributed by atoms with Crippen molar-refractivity contribution in [3.63, 3.8) is 0 Å². The van der Waals surface area contributed by atoms with Crippen molar-refractivity contribution < 1.29 is 4.79 Å². The van der Waals surface area contributed by atoms with Gasteiger partial charge in [0.05, 0.1) is 0 Å². The number of pyridine rings is 1. The summed E-state index contributed by atoms with van der Waals surface area (Å²) < 4.78 is 0. The highest BCUT2D eigenvalue weighted by molar-refractivity contribution is 6.01. The van der Waals surface area contributed by atoms with Crippen LogP contribution < -0.4 is 5.56 Å². The Kier molecular flexibility index (Phi) is 2.91. The first-order valence-corrected chi connectivity index (χ1v) is 5.40. The zero-order chi connectivity index (χ0) is 12.4. The molecule has 1 heterocycles. The topological polar surface area (TPSA) is 49.9 Å². The van der Waals surface area contributed by atoms with Crippen molar-refractivity contribution in [3.05, 3.63) is 58.0 Å². The molecule has 17 heavy (non-hydrogen) atoms. The van der Waals surface area contributed by atoms with E-state index in [4.69, 9.17) is 0 Å². The summed E-state index contributed by atoms with van der Waals surface area (Å²) in [4.78, 5) is 25.8. The molecule has 0 aliphatic rings. The van der Waals surface area contributed by atoms with Crippen LogP contribution in [0.2, 0.25) is 0 Å². The fourth-order valence-corrected chi connectivity index (χ4v) is 1.99. The van der Waals surface area contributed by atoms with Gasteiger partial charge in [0.2, 0.25) is 5.56 Å². The predicted octanol–water partition coefficient (Wildman–Crippen LogP) is 2.55. The number of ketones is 1. The molecule has 0 radical (unpaired) electrons. The fourth-order valence-electron chi connectivity index (χ4n) is 1.99. The van der Waals surface area contributed by atoms with E-state index in [1.165, 1.54) is 13.0 Å². The van der Waals surface area contributed by atoms with Gasteiger partial charge in [-0.25, -0.2) is 0 Å². The molecule has 0 saturated heterocycles. The predicted molar refractivity (Wildman–Crippen MR) is 67.2 cm³/mol. The number of carbonyl (C=O) groups excluding carboxylic acids is 1. The Morgan fingerprint density at radius 3 is 2.41 bits per heavy atom. The first-order chi connectivity index (χ1) is 8.09. The number of hydrogen-bond donors (Lipinski definition) is 1. The second-order valence-corrected chi connectivity index (χ2v) is 3.97. The van der Waals surface area contributed by atoms with Gasteiger partial charge in [-0.2, -0.15) is 0 Å². The molecule has 3 heteroatoms. The van der Waals surface area contributed by atoms with Gasteiger partial charge in [0, 0.05) is 17.3 Å². The highest BCUT2D eigenvalue weighted by atomic mass is 16.1. The number of carbonyl (C=O) groups is 1. The summed E-state index contributed by atoms with van der Waals surface area (Å²) in [5.41, 5.74) is 2.58. The lowest BCUT2D eigenvalue weighted by Crippen LogP contribution is -2.12. The lowest BCUT2D eigenvalue weighted by molar-refractivity contribution is 0.101. The first kappa shape index (κ1) is 11.3. The van der Waals surface area contributed by atoms with Gasteiger partial charge in [-0.05, 0) is 25.0 Å². The SMILES string of the molecule is CC(=O)c1c(-c2ccccc2)cc(=O)[nH]c1C. The number of aromatic amines is 1. The van der Waals surface area contributed by atoms with E-state index in [1.807, 2.05) is 30.3 Å². The number of aryl methyl sites for hydroxylation is 1. The van der Waals surface area contributed by atoms with E-state index in [0.29, 0.717) is 16.8 Å². The first-order valence-electron chi connectivity index (χ1n) is 5.40. The molecule has 0 atom stereocenters. The van der Waals surface area contributed by atoms with Gasteiger partial charge in [-0.1, -0.05) is 30.3 Å². The lowest BCUT2D eigenvalue weighted by Gasteiger charge is -2.09. The molecule has 2 aromatic rings. The monoisotopic (exact) mass is 227 g/mol. The van der Waals surface area contributed by atoms with Crippen LogP contribution in [0.1, 0.15) is 23.0 Å². The zero-order valence-electron chi connectivity index (χ0n) is 9.78. The smallest absolute Gasteiger partial charge is 0.248 e. The third-order valence-corrected chi connectivity index (χ3v) is 2.67. The van der Waals surface area contributed by atoms with Crippen molar-refractivity contribution in [2.24, 2.45) is 0 Å². The van der Waals surface area contributed by atoms with E-state index in [-0.39, 0.29) is 11.3 Å². The van der Waals surface area contributed by atoms with Crippen LogP contribution in [0, 0.1) is 6.92 Å². The average molecular weight is 227 g/mol. The van der Waals surface area contributed by atoms with Crippen LogP contribution in [0.15, 0.2) is 41.2 Å². The Morgan fingerprint density at radius 2 is 1.82 bits per heavy atom. The zero-order valence-corrected chi connectivity index (χ0v) is 9.78. The van der Waals surface area contributed by atoms with E-state index in [1.54, 1.807) is 6.92 Å². The molecule has 0 aliphatic heterocycles. The van der Waals surface area contributed by atoms with Crippen molar-refractivity contribution in [3.8, 4) is 11.1 Å². The Morgan fingerprint density at radius 1 is 1.18 bits per heavy atom. The quantitative estimate of drug-likeness (QED) is 0.801. The van der Waals surface area contributed by atoms with Crippen LogP contribution in [-0.4, -0.2) is 10.8 Å². The second kappa shape index (κ2) is 4.37. The van der Waals surface area contributed by atoms with Gasteiger partial charge in [0.1, 0.15) is 0 Å². The molecule has 1 N–H and O–H groups in total. The number of H-pyrrole nitrogens is 1. The number of benzene rings is 1. The molecule has 3 nitrogen and oxygen atoms in total. The minimum absolute atomic E-state index is 0.0439. The van der Waals surface area contributed by atoms with Crippen molar-refractivity contribution in [1.82, 2.24) is 4.98 Å². The number of Topliss-reactive ketones (excluding diaryl/α,β-unsaturated/α-hetero) is 1. The molecule has 0 aliphatic carbocycles. The van der Waals surface area contributed by atoms with Gasteiger partial charge in [-0.15, -0.1) is 0 Å². The van der Waals surface area contributed by atoms with Crippen LogP contribution in [0.25, 0.3) is 11.1 Å². The molecule has 0 spiro atoms. The van der Waals surface area contributed by atoms with Crippen molar-refractivity contribution in [2.45, 2.75) is 13.8 Å². The third kappa shape index (κ3) is 2.18. The molecular formula is C14H13NO2. The van der Waals surface area contributed by atoms with E-state index < -0.39 is 0 Å². The van der Waals surface area contributed by atoms with Gasteiger partial charge in [0.25, 0.3) is 0 Å². The lowest BCUT2D eigenvalue weighted by atomic mass is 9.97. The third-order valence-electron chi connectivity index (χ3n) is 2.67. The van der Waals surface area contributed by atoms with Crippen LogP contribution in [0.5, 0.6) is 0 Å². The summed E-state index contributed by atoms with van der Waals surface area (Å²) >= 11 is 0. The average Bonchev–Trinajstić information content (AvgIpc) is 2.28. The Hall–Kier alpha value is -2.16. The molecule has 0 saturated carbocycles. The van der Waals surface area contributed by atoms with E-state index in [0.717, 1.165) is 5.56 Å². The molecular weight excluding hydrogens is 214 g/mol. The molecule has 1 aromatic heterocycles. The van der Waals surface area contributed by atoms with Gasteiger partial charge < -0.3 is 4.98 Å². The molecule has 86 valence electrons. The molecule has 2 rings (SSSR count). The van der Waals surface area contributed by atoms with Gasteiger partial charge in [0.15, 0.2) is 5.78 Å². The number of hydrogen-bond acceptors (Lipinski definition) is 2. The maximum Gasteiger partial charge on any atom is 0.248 e. The molecule has 0 fully saturated rings. The van der Waals surface area contributed by atoms with Crippen molar-refractivity contribution in [2.75, 3.05) is 0 Å². The van der Waals surface area contributed by atoms with E-state index >= 15 is 0 Å². The normalized spacial score (nSPS) is 10.2. The molecule has 0 amide bonds. The summed E-state index contributed by atoms with van der Waals surface area (Å²) in [6.45, 7) is 3.25. The highest BCUT2D eigenvalue weighted by Crippen LogP contribution is 2.23. The van der Waals surface area contributed by atoms with Crippen molar-refractivity contribution in [1.29, 1.82) is 0 Å². The summed E-state index contributed by atoms with van der Waals surface area (Å²) in [5.74, 6) is -0.0439. The minimum Gasteiger partial charge on any atom is -0.326 e. The Labute approximate surface area is 99.1 Å². The minimum atomic E-state index is -0.189. The van der Waals surface area contributed by atoms with Gasteiger partial charge in [-0.3, -0.25) is 9.59 Å². The van der Waals surface area contributed by atoms with Crippen LogP contribution >= 0.6 is 0 Å². The number of nitrogens with one attached hydrogen (secondary N) is 1. The molecule has 1 aromatic carbocycles. The van der Waals surface area contributed by atoms with Gasteiger partial charge >= 0.3 is 0 Å². The Bertz CT molecular complexity index is 612. The summed E-state index contributed by atoms with van der Waals surface area (Å²) in [5, 5.41) is 0. The summed E-state index contributed by atoms with van der Waals surface area (Å²) in [6.07, 6.45) is 0. The maximum absolute atomic E-state index is 11.6. The standard InChI is InChI=1S/C14H13NO2/c1-9-14(10(2)16)12(8-13(17)15-9)11-6-4-3-5-7-11/h3-8H,1-2H3,(H,15,17). The van der Waals surface area contributed by atoms with Crippen LogP contribution in [0.3, 0.4) is 0 Å². The number of aromatic nitrogens is 1. The van der Waals surface area contributed by atoms with Crippen LogP contribution in [0.4, 0.5) is 0 Å². The molecule has 0 unspecified atom stereocenters. The number of rotatable bonds is 2. The summed E-state index contributed by atoms with van der Waals surface area (Å²) in [6, 6.07) is 10.9. The fraction of sp³-hybridized carbons (Fsp3) is 0.143. The van der Waals surface area contributed by atoms with Crippen LogP contribution in [-0.2, 0) is 0 Å². The van der Waals surface area contributed by atoms with E-state index in [9.17, 15) is 9.59 Å². The Balaban J connectivity index is 2.77. The highest BCUT2D eigenvalue weighted by Gasteiger charge is 2.13. The summed E-state index contributed by atoms with van der Waals surface area (Å²) in [7, 11) is 0. The van der Waals surface area contributed by atoms with E-state index in [2.05, 4.69) is 4.98 Å².